The predicted molar refractivity (Wildman–Crippen MR) is 121 cm³/mol. The third kappa shape index (κ3) is 4.25. The van der Waals surface area contributed by atoms with Gasteiger partial charge >= 0.3 is 6.03 Å². The Hall–Kier alpha value is -3.95. The summed E-state index contributed by atoms with van der Waals surface area (Å²) >= 11 is 0. The molecule has 0 aliphatic heterocycles. The number of benzene rings is 3. The van der Waals surface area contributed by atoms with Crippen LogP contribution in [0.1, 0.15) is 0 Å². The van der Waals surface area contributed by atoms with E-state index in [0.717, 1.165) is 16.7 Å². The number of primary amides is 1. The van der Waals surface area contributed by atoms with Crippen molar-refractivity contribution in [2.75, 3.05) is 11.3 Å². The highest BCUT2D eigenvalue weighted by Crippen LogP contribution is 2.33. The van der Waals surface area contributed by atoms with Crippen molar-refractivity contribution < 1.29 is 18.4 Å². The van der Waals surface area contributed by atoms with Crippen molar-refractivity contribution in [1.29, 1.82) is 0 Å². The van der Waals surface area contributed by atoms with Crippen LogP contribution in [0, 0.1) is 0 Å². The highest BCUT2D eigenvalue weighted by Gasteiger charge is 2.16. The van der Waals surface area contributed by atoms with E-state index in [9.17, 15) is 18.4 Å². The highest BCUT2D eigenvalue weighted by atomic mass is 32.2. The van der Waals surface area contributed by atoms with Gasteiger partial charge in [0.1, 0.15) is 5.69 Å². The number of urea groups is 1. The van der Waals surface area contributed by atoms with Crippen molar-refractivity contribution in [1.82, 2.24) is 9.78 Å². The summed E-state index contributed by atoms with van der Waals surface area (Å²) in [7, 11) is -3.31. The van der Waals surface area contributed by atoms with E-state index in [1.807, 2.05) is 36.5 Å². The van der Waals surface area contributed by atoms with Crippen LogP contribution in [0.4, 0.5) is 10.5 Å². The van der Waals surface area contributed by atoms with Gasteiger partial charge in [0.15, 0.2) is 9.84 Å². The first-order valence-corrected chi connectivity index (χ1v) is 11.5. The van der Waals surface area contributed by atoms with E-state index in [1.165, 1.54) is 6.26 Å². The molecule has 0 unspecified atom stereocenters. The maximum atomic E-state index is 11.8. The van der Waals surface area contributed by atoms with E-state index < -0.39 is 15.9 Å². The first-order valence-electron chi connectivity index (χ1n) is 9.58. The Morgan fingerprint density at radius 3 is 2.28 bits per heavy atom. The number of nitrogens with zero attached hydrogens (tertiary/aromatic N) is 3. The van der Waals surface area contributed by atoms with Crippen LogP contribution in [-0.2, 0) is 9.84 Å². The Morgan fingerprint density at radius 2 is 1.66 bits per heavy atom. The van der Waals surface area contributed by atoms with Crippen LogP contribution in [0.15, 0.2) is 90.0 Å². The summed E-state index contributed by atoms with van der Waals surface area (Å²) in [6.45, 7) is 0. The number of hydrogen-bond donors (Lipinski definition) is 2. The van der Waals surface area contributed by atoms with Gasteiger partial charge in [0.05, 0.1) is 16.3 Å². The van der Waals surface area contributed by atoms with Crippen molar-refractivity contribution in [2.24, 2.45) is 5.73 Å². The van der Waals surface area contributed by atoms with Gasteiger partial charge in [0.25, 0.3) is 0 Å². The van der Waals surface area contributed by atoms with Crippen LogP contribution in [0.2, 0.25) is 0 Å². The van der Waals surface area contributed by atoms with Gasteiger partial charge in [-0.25, -0.2) is 17.9 Å². The minimum Gasteiger partial charge on any atom is -0.349 e. The third-order valence-corrected chi connectivity index (χ3v) is 6.03. The van der Waals surface area contributed by atoms with Gasteiger partial charge in [-0.05, 0) is 35.9 Å². The molecule has 0 aliphatic rings. The lowest BCUT2D eigenvalue weighted by Crippen LogP contribution is -2.32. The molecular weight excluding hydrogens is 428 g/mol. The minimum absolute atomic E-state index is 0.200. The molecule has 162 valence electrons. The molecular formula is C23H20N4O4S. The summed E-state index contributed by atoms with van der Waals surface area (Å²) in [6, 6.07) is 21.7. The van der Waals surface area contributed by atoms with E-state index in [4.69, 9.17) is 10.8 Å². The average molecular weight is 449 g/mol. The smallest absolute Gasteiger partial charge is 0.343 e. The predicted octanol–water partition coefficient (Wildman–Crippen LogP) is 3.88. The maximum absolute atomic E-state index is 11.8. The molecule has 0 saturated heterocycles. The van der Waals surface area contributed by atoms with Crippen LogP contribution in [-0.4, -0.2) is 35.7 Å². The molecule has 0 atom stereocenters. The average Bonchev–Trinajstić information content (AvgIpc) is 3.24. The molecule has 0 radical (unpaired) electrons. The number of aromatic nitrogens is 2. The van der Waals surface area contributed by atoms with Gasteiger partial charge in [-0.3, -0.25) is 5.21 Å². The zero-order chi connectivity index (χ0) is 22.9. The van der Waals surface area contributed by atoms with Crippen molar-refractivity contribution in [3.8, 4) is 28.1 Å². The van der Waals surface area contributed by atoms with Crippen LogP contribution >= 0.6 is 0 Å². The molecule has 3 aromatic carbocycles. The quantitative estimate of drug-likeness (QED) is 0.355. The zero-order valence-electron chi connectivity index (χ0n) is 17.1. The molecule has 3 N–H and O–H groups in total. The SMILES string of the molecule is CS(=O)(=O)c1ccc(-c2cn(-c3cccc(N(O)C(N)=O)c3)nc2-c2ccccc2)cc1. The molecule has 0 bridgehead atoms. The Balaban J connectivity index is 1.85. The zero-order valence-corrected chi connectivity index (χ0v) is 17.9. The number of carbonyl (C=O) groups is 1. The fourth-order valence-electron chi connectivity index (χ4n) is 3.30. The molecule has 4 aromatic rings. The van der Waals surface area contributed by atoms with Gasteiger partial charge in [0.2, 0.25) is 0 Å². The van der Waals surface area contributed by atoms with Crippen molar-refractivity contribution in [3.05, 3.63) is 85.1 Å². The summed E-state index contributed by atoms with van der Waals surface area (Å²) in [5, 5.41) is 14.9. The van der Waals surface area contributed by atoms with E-state index in [0.29, 0.717) is 16.4 Å². The van der Waals surface area contributed by atoms with Crippen LogP contribution < -0.4 is 10.8 Å². The van der Waals surface area contributed by atoms with Crippen molar-refractivity contribution in [2.45, 2.75) is 4.90 Å². The van der Waals surface area contributed by atoms with Crippen LogP contribution in [0.3, 0.4) is 0 Å². The first-order chi connectivity index (χ1) is 15.2. The molecule has 32 heavy (non-hydrogen) atoms. The second kappa shape index (κ2) is 8.29. The summed E-state index contributed by atoms with van der Waals surface area (Å²) < 4.78 is 25.3. The fraction of sp³-hybridized carbons (Fsp3) is 0.0435. The highest BCUT2D eigenvalue weighted by molar-refractivity contribution is 7.90. The molecule has 9 heteroatoms. The number of hydroxylamine groups is 1. The Kier molecular flexibility index (Phi) is 5.52. The lowest BCUT2D eigenvalue weighted by molar-refractivity contribution is 0.212. The molecule has 2 amide bonds. The number of anilines is 1. The normalized spacial score (nSPS) is 11.3. The number of rotatable bonds is 5. The summed E-state index contributed by atoms with van der Waals surface area (Å²) in [5.41, 5.74) is 9.10. The summed E-state index contributed by atoms with van der Waals surface area (Å²) in [5.74, 6) is 0. The second-order valence-corrected chi connectivity index (χ2v) is 9.18. The largest absolute Gasteiger partial charge is 0.349 e. The molecule has 1 aromatic heterocycles. The third-order valence-electron chi connectivity index (χ3n) is 4.90. The molecule has 0 saturated carbocycles. The number of nitrogens with two attached hydrogens (primary N) is 1. The monoisotopic (exact) mass is 448 g/mol. The van der Waals surface area contributed by atoms with E-state index in [1.54, 1.807) is 53.2 Å². The molecule has 0 spiro atoms. The number of amides is 2. The maximum Gasteiger partial charge on any atom is 0.343 e. The molecule has 8 nitrogen and oxygen atoms in total. The van der Waals surface area contributed by atoms with Crippen molar-refractivity contribution >= 4 is 21.6 Å². The summed E-state index contributed by atoms with van der Waals surface area (Å²) in [6.07, 6.45) is 2.97. The van der Waals surface area contributed by atoms with Crippen LogP contribution in [0.5, 0.6) is 0 Å². The topological polar surface area (TPSA) is 119 Å². The second-order valence-electron chi connectivity index (χ2n) is 7.17. The summed E-state index contributed by atoms with van der Waals surface area (Å²) in [4.78, 5) is 11.5. The number of hydrogen-bond acceptors (Lipinski definition) is 5. The standard InChI is InChI=1S/C23H20N4O4S/c1-32(30,31)20-12-10-16(11-13-20)21-15-26(25-22(21)17-6-3-2-4-7-17)18-8-5-9-19(14-18)27(29)23(24)28/h2-15,29H,1H3,(H2,24,28). The van der Waals surface area contributed by atoms with E-state index >= 15 is 0 Å². The lowest BCUT2D eigenvalue weighted by atomic mass is 10.0. The molecule has 0 fully saturated rings. The molecule has 0 aliphatic carbocycles. The number of sulfone groups is 1. The fourth-order valence-corrected chi connectivity index (χ4v) is 3.93. The van der Waals surface area contributed by atoms with E-state index in [-0.39, 0.29) is 10.6 Å². The van der Waals surface area contributed by atoms with Crippen LogP contribution in [0.25, 0.3) is 28.1 Å². The Labute approximate surface area is 185 Å². The Morgan fingerprint density at radius 1 is 0.969 bits per heavy atom. The van der Waals surface area contributed by atoms with Gasteiger partial charge in [-0.1, -0.05) is 48.5 Å². The minimum atomic E-state index is -3.31. The number of carbonyl (C=O) groups excluding carboxylic acids is 1. The van der Waals surface area contributed by atoms with E-state index in [2.05, 4.69) is 0 Å². The van der Waals surface area contributed by atoms with Crippen molar-refractivity contribution in [3.63, 3.8) is 0 Å². The van der Waals surface area contributed by atoms with Gasteiger partial charge in [0, 0.05) is 23.6 Å². The van der Waals surface area contributed by atoms with Gasteiger partial charge in [-0.2, -0.15) is 10.2 Å². The van der Waals surface area contributed by atoms with Gasteiger partial charge < -0.3 is 5.73 Å². The first kappa shape index (κ1) is 21.3. The molecule has 4 rings (SSSR count). The van der Waals surface area contributed by atoms with Gasteiger partial charge in [-0.15, -0.1) is 0 Å². The lowest BCUT2D eigenvalue weighted by Gasteiger charge is -2.12. The Bertz CT molecular complexity index is 1380. The molecule has 1 heterocycles.